The second kappa shape index (κ2) is 6.73. The van der Waals surface area contributed by atoms with Gasteiger partial charge in [-0.1, -0.05) is 24.6 Å². The second-order valence-corrected chi connectivity index (χ2v) is 6.53. The minimum Gasteiger partial charge on any atom is -0.383 e. The molecule has 0 bridgehead atoms. The van der Waals surface area contributed by atoms with Crippen molar-refractivity contribution in [2.24, 2.45) is 10.9 Å². The Hall–Kier alpha value is -2.39. The molecule has 0 saturated carbocycles. The second-order valence-electron chi connectivity index (χ2n) is 5.95. The van der Waals surface area contributed by atoms with Crippen LogP contribution in [0.2, 0.25) is 0 Å². The van der Waals surface area contributed by atoms with E-state index >= 15 is 0 Å². The molecule has 10 heteroatoms. The van der Waals surface area contributed by atoms with Crippen molar-refractivity contribution in [2.45, 2.75) is 24.1 Å². The highest BCUT2D eigenvalue weighted by molar-refractivity contribution is 6.26. The number of benzene rings is 1. The Morgan fingerprint density at radius 1 is 1.38 bits per heavy atom. The molecule has 1 unspecified atom stereocenters. The van der Waals surface area contributed by atoms with Gasteiger partial charge in [0.2, 0.25) is 0 Å². The summed E-state index contributed by atoms with van der Waals surface area (Å²) < 4.78 is 43.5. The molecule has 0 spiro atoms. The smallest absolute Gasteiger partial charge is 0.193 e. The number of aliphatic imine (C=N–C) groups is 1. The lowest BCUT2D eigenvalue weighted by Crippen LogP contribution is -2.49. The maximum atomic E-state index is 14.5. The number of hydrogen-bond acceptors (Lipinski definition) is 5. The average Bonchev–Trinajstić information content (AvgIpc) is 3.09. The molecule has 1 aromatic heterocycles. The van der Waals surface area contributed by atoms with Gasteiger partial charge >= 0.3 is 0 Å². The van der Waals surface area contributed by atoms with Gasteiger partial charge in [0, 0.05) is 23.7 Å². The average molecular weight is 386 g/mol. The van der Waals surface area contributed by atoms with E-state index in [0.717, 1.165) is 18.3 Å². The lowest BCUT2D eigenvalue weighted by molar-refractivity contribution is -0.0515. The van der Waals surface area contributed by atoms with Crippen LogP contribution >= 0.6 is 11.6 Å². The van der Waals surface area contributed by atoms with Crippen LogP contribution in [0.1, 0.15) is 12.5 Å². The first kappa shape index (κ1) is 18.4. The number of aromatic nitrogens is 3. The maximum absolute atomic E-state index is 14.5. The highest BCUT2D eigenvalue weighted by Gasteiger charge is 2.52. The molecule has 1 aliphatic rings. The number of rotatable bonds is 5. The molecule has 6 nitrogen and oxygen atoms in total. The fraction of sp³-hybridized carbons (Fsp3) is 0.312. The first-order valence-electron chi connectivity index (χ1n) is 7.62. The Balaban J connectivity index is 2.12. The van der Waals surface area contributed by atoms with Gasteiger partial charge in [0.1, 0.15) is 29.9 Å². The van der Waals surface area contributed by atoms with Crippen molar-refractivity contribution in [3.05, 3.63) is 60.1 Å². The van der Waals surface area contributed by atoms with Crippen molar-refractivity contribution in [3.8, 4) is 0 Å². The van der Waals surface area contributed by atoms with Gasteiger partial charge in [0.25, 0.3) is 0 Å². The van der Waals surface area contributed by atoms with E-state index in [1.807, 2.05) is 0 Å². The van der Waals surface area contributed by atoms with Gasteiger partial charge in [-0.3, -0.25) is 0 Å². The van der Waals surface area contributed by atoms with Crippen LogP contribution in [0.25, 0.3) is 0 Å². The number of alkyl halides is 1. The van der Waals surface area contributed by atoms with E-state index in [2.05, 4.69) is 20.4 Å². The Morgan fingerprint density at radius 2 is 2.15 bits per heavy atom. The monoisotopic (exact) mass is 385 g/mol. The summed E-state index contributed by atoms with van der Waals surface area (Å²) in [4.78, 5) is 5.68. The molecule has 138 valence electrons. The van der Waals surface area contributed by atoms with E-state index in [-0.39, 0.29) is 12.1 Å². The van der Waals surface area contributed by atoms with Crippen molar-refractivity contribution in [3.63, 3.8) is 0 Å². The molecule has 0 saturated heterocycles. The van der Waals surface area contributed by atoms with Crippen molar-refractivity contribution in [1.82, 2.24) is 20.1 Å². The first-order valence-corrected chi connectivity index (χ1v) is 8.00. The number of nitrogens with zero attached hydrogens (tertiary/aromatic N) is 4. The summed E-state index contributed by atoms with van der Waals surface area (Å²) >= 11 is 6.35. The highest BCUT2D eigenvalue weighted by Crippen LogP contribution is 2.47. The van der Waals surface area contributed by atoms with E-state index in [1.165, 1.54) is 30.6 Å². The first-order chi connectivity index (χ1) is 12.3. The molecule has 0 aliphatic carbocycles. The largest absolute Gasteiger partial charge is 0.383 e. The molecular weight excluding hydrogens is 371 g/mol. The molecule has 1 aromatic carbocycles. The zero-order valence-electron chi connectivity index (χ0n) is 13.6. The fourth-order valence-electron chi connectivity index (χ4n) is 2.90. The van der Waals surface area contributed by atoms with Gasteiger partial charge in [0.05, 0.1) is 12.9 Å². The Labute approximate surface area is 152 Å². The van der Waals surface area contributed by atoms with E-state index in [4.69, 9.17) is 11.6 Å². The zero-order chi connectivity index (χ0) is 18.9. The summed E-state index contributed by atoms with van der Waals surface area (Å²) in [6.45, 7) is 1.12. The van der Waals surface area contributed by atoms with Crippen LogP contribution in [0.5, 0.6) is 0 Å². The van der Waals surface area contributed by atoms with Gasteiger partial charge < -0.3 is 10.4 Å². The molecule has 2 heterocycles. The van der Waals surface area contributed by atoms with Crippen LogP contribution in [-0.2, 0) is 12.1 Å². The van der Waals surface area contributed by atoms with Crippen LogP contribution in [-0.4, -0.2) is 31.2 Å². The highest BCUT2D eigenvalue weighted by atomic mass is 35.5. The lowest BCUT2D eigenvalue weighted by atomic mass is 9.77. The van der Waals surface area contributed by atoms with Gasteiger partial charge in [-0.05, 0) is 6.07 Å². The fourth-order valence-corrected chi connectivity index (χ4v) is 3.18. The Kier molecular flexibility index (Phi) is 4.76. The molecule has 1 aliphatic heterocycles. The number of hydrogen-bond donors (Lipinski definition) is 2. The van der Waals surface area contributed by atoms with E-state index < -0.39 is 34.0 Å². The molecule has 0 amide bonds. The van der Waals surface area contributed by atoms with Crippen LogP contribution in [0, 0.1) is 17.6 Å². The van der Waals surface area contributed by atoms with Crippen LogP contribution in [0.15, 0.2) is 47.9 Å². The standard InChI is InChI=1S/C16H15ClF3N5O/c1-10(16(17)14(20)5-21-7-23-16)15(26,6-25-9-22-8-24-25)12-3-2-11(18)4-13(12)19/h2-5,7-10,26H,6H2,1H3,(H,21,23)/t10-,15+,16?/m0/s1. The predicted octanol–water partition coefficient (Wildman–Crippen LogP) is 2.46. The van der Waals surface area contributed by atoms with Crippen LogP contribution < -0.4 is 5.32 Å². The number of aliphatic hydroxyl groups is 1. The Bertz CT molecular complexity index is 860. The summed E-state index contributed by atoms with van der Waals surface area (Å²) in [5, 5.41) is 17.8. The van der Waals surface area contributed by atoms with Crippen molar-refractivity contribution in [2.75, 3.05) is 0 Å². The number of nitrogens with one attached hydrogen (secondary N) is 1. The third kappa shape index (κ3) is 3.08. The topological polar surface area (TPSA) is 75.3 Å². The minimum atomic E-state index is -2.08. The van der Waals surface area contributed by atoms with Gasteiger partial charge in [-0.15, -0.1) is 0 Å². The van der Waals surface area contributed by atoms with Gasteiger partial charge in [-0.25, -0.2) is 27.8 Å². The van der Waals surface area contributed by atoms with E-state index in [1.54, 1.807) is 0 Å². The summed E-state index contributed by atoms with van der Waals surface area (Å²) in [6.07, 6.45) is 4.69. The zero-order valence-corrected chi connectivity index (χ0v) is 14.3. The summed E-state index contributed by atoms with van der Waals surface area (Å²) in [5.41, 5.74) is -2.34. The van der Waals surface area contributed by atoms with Gasteiger partial charge in [-0.2, -0.15) is 5.10 Å². The maximum Gasteiger partial charge on any atom is 0.193 e. The molecule has 0 radical (unpaired) electrons. The predicted molar refractivity (Wildman–Crippen MR) is 88.8 cm³/mol. The van der Waals surface area contributed by atoms with Crippen molar-refractivity contribution in [1.29, 1.82) is 0 Å². The summed E-state index contributed by atoms with van der Waals surface area (Å²) in [5.74, 6) is -3.83. The SMILES string of the molecule is C[C@H](C1(Cl)N=CNC=C1F)[C@](O)(Cn1cncn1)c1ccc(F)cc1F. The van der Waals surface area contributed by atoms with E-state index in [9.17, 15) is 18.3 Å². The Morgan fingerprint density at radius 3 is 2.77 bits per heavy atom. The molecule has 26 heavy (non-hydrogen) atoms. The van der Waals surface area contributed by atoms with Crippen molar-refractivity contribution >= 4 is 17.9 Å². The van der Waals surface area contributed by atoms with Gasteiger partial charge in [0.15, 0.2) is 10.8 Å². The molecular formula is C16H15ClF3N5O. The molecule has 3 rings (SSSR count). The summed E-state index contributed by atoms with van der Waals surface area (Å²) in [6, 6.07) is 2.72. The quantitative estimate of drug-likeness (QED) is 0.612. The molecule has 2 aromatic rings. The molecule has 0 fully saturated rings. The minimum absolute atomic E-state index is 0.261. The van der Waals surface area contributed by atoms with E-state index in [0.29, 0.717) is 6.07 Å². The van der Waals surface area contributed by atoms with Crippen LogP contribution in [0.4, 0.5) is 13.2 Å². The number of halogens is 4. The third-order valence-electron chi connectivity index (χ3n) is 4.43. The molecule has 3 atom stereocenters. The van der Waals surface area contributed by atoms with Crippen molar-refractivity contribution < 1.29 is 18.3 Å². The summed E-state index contributed by atoms with van der Waals surface area (Å²) in [7, 11) is 0. The molecule has 2 N–H and O–H groups in total. The lowest BCUT2D eigenvalue weighted by Gasteiger charge is -2.41. The van der Waals surface area contributed by atoms with Crippen LogP contribution in [0.3, 0.4) is 0 Å². The normalized spacial score (nSPS) is 23.1. The third-order valence-corrected chi connectivity index (χ3v) is 5.03.